The van der Waals surface area contributed by atoms with Gasteiger partial charge in [-0.05, 0) is 89.0 Å². The lowest BCUT2D eigenvalue weighted by molar-refractivity contribution is -0.177. The number of morpholine rings is 1. The molecule has 1 aromatic heterocycles. The SMILES string of the molecule is COCCOC(=O)N1C(=O)[C@@]2(c3cc(C#Cc4ccc(OC)cc4)ccc31)[C@H](C(=O)Nc1nc3ccccc3s1)[C@H]1C(=O)O[C@H](c3ccccc3)[C@H](c3ccccc3)N1[C@@H]2c1ccc(O)cc1. The first-order chi connectivity index (χ1) is 32.7. The number of ether oxygens (including phenoxy) is 4. The zero-order chi connectivity index (χ0) is 46.2. The number of aromatic hydroxyl groups is 1. The van der Waals surface area contributed by atoms with Crippen LogP contribution in [0.15, 0.2) is 152 Å². The van der Waals surface area contributed by atoms with Crippen molar-refractivity contribution in [2.24, 2.45) is 5.92 Å². The molecule has 6 aromatic carbocycles. The van der Waals surface area contributed by atoms with Gasteiger partial charge in [0.2, 0.25) is 11.8 Å². The first-order valence-corrected chi connectivity index (χ1v) is 22.4. The van der Waals surface area contributed by atoms with Crippen LogP contribution in [0.4, 0.5) is 15.6 Å². The van der Waals surface area contributed by atoms with Crippen LogP contribution in [-0.2, 0) is 34.0 Å². The van der Waals surface area contributed by atoms with E-state index in [1.165, 1.54) is 30.6 Å². The lowest BCUT2D eigenvalue weighted by atomic mass is 9.65. The molecule has 3 amide bonds. The maximum Gasteiger partial charge on any atom is 0.421 e. The fraction of sp³-hybridized carbons (Fsp3) is 0.189. The lowest BCUT2D eigenvalue weighted by Crippen LogP contribution is -2.54. The number of anilines is 2. The molecule has 2 saturated heterocycles. The summed E-state index contributed by atoms with van der Waals surface area (Å²) in [5, 5.41) is 14.0. The normalized spacial score (nSPS) is 21.8. The molecule has 67 heavy (non-hydrogen) atoms. The Kier molecular flexibility index (Phi) is 11.5. The van der Waals surface area contributed by atoms with Gasteiger partial charge in [0.05, 0.1) is 47.6 Å². The van der Waals surface area contributed by atoms with Gasteiger partial charge in [0.1, 0.15) is 35.7 Å². The summed E-state index contributed by atoms with van der Waals surface area (Å²) in [5.74, 6) is 3.19. The Morgan fingerprint density at radius 3 is 2.15 bits per heavy atom. The van der Waals surface area contributed by atoms with Crippen molar-refractivity contribution in [2.45, 2.75) is 29.6 Å². The second-order valence-corrected chi connectivity index (χ2v) is 17.3. The molecule has 0 aliphatic carbocycles. The lowest BCUT2D eigenvalue weighted by Gasteiger charge is -2.46. The summed E-state index contributed by atoms with van der Waals surface area (Å²) < 4.78 is 23.6. The van der Waals surface area contributed by atoms with Gasteiger partial charge in [-0.25, -0.2) is 14.7 Å². The number of cyclic esters (lactones) is 1. The van der Waals surface area contributed by atoms with Gasteiger partial charge in [-0.15, -0.1) is 0 Å². The van der Waals surface area contributed by atoms with Crippen molar-refractivity contribution >= 4 is 56.2 Å². The van der Waals surface area contributed by atoms with Crippen molar-refractivity contribution in [1.29, 1.82) is 0 Å². The Hall–Kier alpha value is -7.83. The van der Waals surface area contributed by atoms with Gasteiger partial charge in [0.25, 0.3) is 0 Å². The Labute approximate surface area is 389 Å². The molecule has 14 heteroatoms. The fourth-order valence-electron chi connectivity index (χ4n) is 9.83. The van der Waals surface area contributed by atoms with Crippen LogP contribution in [0.5, 0.6) is 11.5 Å². The van der Waals surface area contributed by atoms with Crippen molar-refractivity contribution in [3.8, 4) is 23.3 Å². The summed E-state index contributed by atoms with van der Waals surface area (Å²) >= 11 is 1.24. The third-order valence-electron chi connectivity index (χ3n) is 12.6. The molecule has 334 valence electrons. The largest absolute Gasteiger partial charge is 0.508 e. The molecular formula is C53H42N4O9S. The summed E-state index contributed by atoms with van der Waals surface area (Å²) in [5.41, 5.74) is 2.01. The minimum atomic E-state index is -2.08. The molecule has 4 heterocycles. The van der Waals surface area contributed by atoms with E-state index in [0.717, 1.165) is 15.2 Å². The number of carbonyl (C=O) groups excluding carboxylic acids is 4. The molecule has 1 spiro atoms. The van der Waals surface area contributed by atoms with Crippen LogP contribution >= 0.6 is 11.3 Å². The Morgan fingerprint density at radius 2 is 1.45 bits per heavy atom. The molecule has 7 aromatic rings. The van der Waals surface area contributed by atoms with Gasteiger partial charge in [-0.3, -0.25) is 19.3 Å². The van der Waals surface area contributed by atoms with Crippen LogP contribution in [-0.4, -0.2) is 72.3 Å². The number of carbonyl (C=O) groups is 4. The van der Waals surface area contributed by atoms with Gasteiger partial charge >= 0.3 is 12.1 Å². The number of nitrogens with zero attached hydrogens (tertiary/aromatic N) is 3. The van der Waals surface area contributed by atoms with Crippen LogP contribution in [0.1, 0.15) is 51.6 Å². The number of amides is 3. The number of rotatable bonds is 9. The molecule has 2 fully saturated rings. The molecular weight excluding hydrogens is 869 g/mol. The monoisotopic (exact) mass is 910 g/mol. The van der Waals surface area contributed by atoms with Gasteiger partial charge in [0.15, 0.2) is 5.13 Å². The number of imide groups is 1. The van der Waals surface area contributed by atoms with E-state index >= 15 is 14.4 Å². The van der Waals surface area contributed by atoms with Crippen LogP contribution in [0.3, 0.4) is 0 Å². The number of phenolic OH excluding ortho intramolecular Hbond substituents is 1. The number of thiazole rings is 1. The van der Waals surface area contributed by atoms with Gasteiger partial charge in [-0.2, -0.15) is 0 Å². The zero-order valence-electron chi connectivity index (χ0n) is 36.2. The molecule has 0 saturated carbocycles. The van der Waals surface area contributed by atoms with E-state index in [2.05, 4.69) is 17.2 Å². The summed E-state index contributed by atoms with van der Waals surface area (Å²) in [6, 6.07) is 41.4. The summed E-state index contributed by atoms with van der Waals surface area (Å²) in [6.07, 6.45) is -1.93. The number of nitrogens with one attached hydrogen (secondary N) is 1. The molecule has 0 radical (unpaired) electrons. The van der Waals surface area contributed by atoms with Crippen LogP contribution < -0.4 is 15.0 Å². The minimum absolute atomic E-state index is 0.0464. The van der Waals surface area contributed by atoms with Crippen molar-refractivity contribution in [3.05, 3.63) is 185 Å². The minimum Gasteiger partial charge on any atom is -0.508 e. The quantitative estimate of drug-likeness (QED) is 0.0814. The molecule has 6 atom stereocenters. The topological polar surface area (TPSA) is 157 Å². The number of hydrogen-bond acceptors (Lipinski definition) is 12. The number of esters is 1. The average molecular weight is 911 g/mol. The Bertz CT molecular complexity index is 3050. The smallest absolute Gasteiger partial charge is 0.421 e. The first-order valence-electron chi connectivity index (χ1n) is 21.5. The Balaban J connectivity index is 1.26. The number of phenols is 1. The summed E-state index contributed by atoms with van der Waals surface area (Å²) in [6.45, 7) is -0.123. The van der Waals surface area contributed by atoms with E-state index in [4.69, 9.17) is 23.9 Å². The van der Waals surface area contributed by atoms with E-state index in [-0.39, 0.29) is 35.3 Å². The molecule has 0 bridgehead atoms. The highest BCUT2D eigenvalue weighted by molar-refractivity contribution is 7.22. The maximum absolute atomic E-state index is 16.3. The van der Waals surface area contributed by atoms with E-state index in [1.807, 2.05) is 102 Å². The zero-order valence-corrected chi connectivity index (χ0v) is 37.0. The number of methoxy groups -OCH3 is 2. The molecule has 13 nitrogen and oxygen atoms in total. The number of benzene rings is 6. The van der Waals surface area contributed by atoms with Crippen molar-refractivity contribution < 1.29 is 43.2 Å². The maximum atomic E-state index is 16.3. The summed E-state index contributed by atoms with van der Waals surface area (Å²) in [7, 11) is 3.04. The van der Waals surface area contributed by atoms with Crippen molar-refractivity contribution in [1.82, 2.24) is 9.88 Å². The number of fused-ring (bicyclic) bond motifs is 4. The Morgan fingerprint density at radius 1 is 0.776 bits per heavy atom. The number of hydrogen-bond donors (Lipinski definition) is 2. The first kappa shape index (κ1) is 43.1. The number of para-hydroxylation sites is 1. The van der Waals surface area contributed by atoms with Gasteiger partial charge < -0.3 is 29.4 Å². The molecule has 10 rings (SSSR count). The highest BCUT2D eigenvalue weighted by atomic mass is 32.1. The molecule has 3 aliphatic rings. The predicted molar refractivity (Wildman–Crippen MR) is 250 cm³/mol. The third-order valence-corrected chi connectivity index (χ3v) is 13.6. The van der Waals surface area contributed by atoms with Crippen LogP contribution in [0.25, 0.3) is 10.2 Å². The molecule has 0 unspecified atom stereocenters. The van der Waals surface area contributed by atoms with Crippen molar-refractivity contribution in [3.63, 3.8) is 0 Å². The average Bonchev–Trinajstić information content (AvgIpc) is 4.00. The fourth-order valence-corrected chi connectivity index (χ4v) is 10.7. The van der Waals surface area contributed by atoms with Crippen molar-refractivity contribution in [2.75, 3.05) is 37.7 Å². The molecule has 2 N–H and O–H groups in total. The highest BCUT2D eigenvalue weighted by Crippen LogP contribution is 2.66. The third kappa shape index (κ3) is 7.53. The van der Waals surface area contributed by atoms with Crippen LogP contribution in [0, 0.1) is 17.8 Å². The second kappa shape index (κ2) is 17.9. The number of aromatic nitrogens is 1. The predicted octanol–water partition coefficient (Wildman–Crippen LogP) is 8.50. The molecule has 3 aliphatic heterocycles. The van der Waals surface area contributed by atoms with E-state index in [1.54, 1.807) is 49.6 Å². The van der Waals surface area contributed by atoms with Gasteiger partial charge in [-0.1, -0.05) is 108 Å². The van der Waals surface area contributed by atoms with E-state index in [9.17, 15) is 9.90 Å². The van der Waals surface area contributed by atoms with Gasteiger partial charge in [0, 0.05) is 18.2 Å². The van der Waals surface area contributed by atoms with E-state index in [0.29, 0.717) is 33.5 Å². The standard InChI is InChI=1S/C53H42N4O9S/c1-63-29-30-65-52(62)56-41-28-21-33(18-17-32-19-26-38(64-2)27-20-32)31-39(41)53(50(56)61)43(48(59)55-51-54-40-15-9-10-16-42(40)67-51)45-49(60)66-46(35-13-7-4-8-14-35)44(34-11-5-3-6-12-34)57(45)47(53)36-22-24-37(58)25-23-36/h3-16,19-28,31,43-47,58H,29-30H2,1-2H3,(H,54,55,59)/t43-,44-,45-,46+,47+,53-/m0/s1. The second-order valence-electron chi connectivity index (χ2n) is 16.3. The summed E-state index contributed by atoms with van der Waals surface area (Å²) in [4.78, 5) is 69.5. The van der Waals surface area contributed by atoms with E-state index < -0.39 is 59.4 Å². The van der Waals surface area contributed by atoms with Crippen LogP contribution in [0.2, 0.25) is 0 Å². The highest BCUT2D eigenvalue weighted by Gasteiger charge is 2.76.